The van der Waals surface area contributed by atoms with Crippen LogP contribution in [0.4, 0.5) is 10.2 Å². The fraction of sp³-hybridized carbons (Fsp3) is 0.133. The van der Waals surface area contributed by atoms with E-state index in [1.165, 1.54) is 22.7 Å². The summed E-state index contributed by atoms with van der Waals surface area (Å²) in [7, 11) is 0. The fourth-order valence-electron chi connectivity index (χ4n) is 2.27. The maximum Gasteiger partial charge on any atom is 0.209 e. The number of hydrogen-bond acceptors (Lipinski definition) is 3. The van der Waals surface area contributed by atoms with Gasteiger partial charge in [-0.15, -0.1) is 4.91 Å². The lowest BCUT2D eigenvalue weighted by Crippen LogP contribution is -1.86. The summed E-state index contributed by atoms with van der Waals surface area (Å²) in [4.78, 5) is 15.5. The van der Waals surface area contributed by atoms with E-state index in [0.717, 1.165) is 16.7 Å². The van der Waals surface area contributed by atoms with Crippen molar-refractivity contribution in [1.29, 1.82) is 0 Å². The van der Waals surface area contributed by atoms with E-state index in [9.17, 15) is 9.30 Å². The molecule has 100 valence electrons. The molecule has 0 bridgehead atoms. The molecule has 0 radical (unpaired) electrons. The van der Waals surface area contributed by atoms with Crippen LogP contribution in [0.25, 0.3) is 16.9 Å². The molecule has 5 heteroatoms. The Morgan fingerprint density at radius 1 is 1.20 bits per heavy atom. The lowest BCUT2D eigenvalue weighted by atomic mass is 10.0. The van der Waals surface area contributed by atoms with Gasteiger partial charge in [-0.3, -0.25) is 4.40 Å². The third kappa shape index (κ3) is 1.87. The monoisotopic (exact) mass is 269 g/mol. The number of imidazole rings is 1. The first-order valence-corrected chi connectivity index (χ1v) is 6.19. The lowest BCUT2D eigenvalue weighted by molar-refractivity contribution is 0.619. The van der Waals surface area contributed by atoms with Crippen molar-refractivity contribution in [2.45, 2.75) is 13.8 Å². The van der Waals surface area contributed by atoms with Crippen molar-refractivity contribution in [3.8, 4) is 11.3 Å². The second-order valence-corrected chi connectivity index (χ2v) is 4.77. The van der Waals surface area contributed by atoms with Gasteiger partial charge in [0.05, 0.1) is 0 Å². The van der Waals surface area contributed by atoms with Crippen LogP contribution in [0, 0.1) is 24.6 Å². The minimum Gasteiger partial charge on any atom is -0.278 e. The quantitative estimate of drug-likeness (QED) is 0.656. The van der Waals surface area contributed by atoms with Crippen LogP contribution in [-0.4, -0.2) is 9.38 Å². The molecule has 0 unspecified atom stereocenters. The van der Waals surface area contributed by atoms with Crippen LogP contribution in [-0.2, 0) is 0 Å². The van der Waals surface area contributed by atoms with Crippen molar-refractivity contribution < 1.29 is 4.39 Å². The highest BCUT2D eigenvalue weighted by Gasteiger charge is 2.17. The Kier molecular flexibility index (Phi) is 2.82. The average Bonchev–Trinajstić information content (AvgIpc) is 2.79. The Labute approximate surface area is 114 Å². The highest BCUT2D eigenvalue weighted by molar-refractivity contribution is 5.77. The minimum absolute atomic E-state index is 0.119. The molecule has 1 aromatic carbocycles. The molecular weight excluding hydrogens is 257 g/mol. The molecule has 0 N–H and O–H groups in total. The predicted octanol–water partition coefficient (Wildman–Crippen LogP) is 4.16. The third-order valence-corrected chi connectivity index (χ3v) is 3.29. The van der Waals surface area contributed by atoms with Crippen LogP contribution in [0.5, 0.6) is 0 Å². The number of nitroso groups, excluding NO2 is 1. The number of benzene rings is 1. The molecule has 2 aromatic heterocycles. The van der Waals surface area contributed by atoms with Crippen molar-refractivity contribution >= 4 is 11.5 Å². The van der Waals surface area contributed by atoms with E-state index in [0.29, 0.717) is 11.3 Å². The molecular formula is C15H12FN3O. The van der Waals surface area contributed by atoms with E-state index in [1.54, 1.807) is 0 Å². The minimum atomic E-state index is -0.438. The van der Waals surface area contributed by atoms with Crippen molar-refractivity contribution in [3.05, 3.63) is 58.4 Å². The number of aromatic nitrogens is 2. The highest BCUT2D eigenvalue weighted by atomic mass is 19.1. The topological polar surface area (TPSA) is 46.7 Å². The van der Waals surface area contributed by atoms with Gasteiger partial charge in [0.2, 0.25) is 5.82 Å². The number of nitrogens with zero attached hydrogens (tertiary/aromatic N) is 3. The molecule has 3 aromatic rings. The molecule has 0 spiro atoms. The summed E-state index contributed by atoms with van der Waals surface area (Å²) in [5.74, 6) is -0.319. The van der Waals surface area contributed by atoms with E-state index in [-0.39, 0.29) is 5.82 Å². The molecule has 0 aliphatic rings. The molecule has 0 aliphatic carbocycles. The Bertz CT molecular complexity index is 823. The Hall–Kier alpha value is -2.56. The lowest BCUT2D eigenvalue weighted by Gasteiger charge is -2.04. The van der Waals surface area contributed by atoms with Crippen LogP contribution in [0.2, 0.25) is 0 Å². The standard InChI is InChI=1S/C15H12FN3O/c1-9-3-4-10(2)12(7-9)14-15(18-20)19-8-11(16)5-6-13(19)17-14/h3-8H,1-2H3. The molecule has 0 saturated heterocycles. The third-order valence-electron chi connectivity index (χ3n) is 3.29. The summed E-state index contributed by atoms with van der Waals surface area (Å²) in [5, 5.41) is 3.03. The average molecular weight is 269 g/mol. The van der Waals surface area contributed by atoms with Crippen LogP contribution >= 0.6 is 0 Å². The number of rotatable bonds is 2. The summed E-state index contributed by atoms with van der Waals surface area (Å²) >= 11 is 0. The molecule has 0 fully saturated rings. The van der Waals surface area contributed by atoms with Gasteiger partial charge in [0.15, 0.2) is 0 Å². The zero-order valence-corrected chi connectivity index (χ0v) is 11.1. The normalized spacial score (nSPS) is 10.9. The fourth-order valence-corrected chi connectivity index (χ4v) is 2.27. The van der Waals surface area contributed by atoms with Gasteiger partial charge in [0.1, 0.15) is 17.2 Å². The predicted molar refractivity (Wildman–Crippen MR) is 75.5 cm³/mol. The van der Waals surface area contributed by atoms with Crippen LogP contribution in [0.3, 0.4) is 0 Å². The van der Waals surface area contributed by atoms with E-state index < -0.39 is 5.82 Å². The van der Waals surface area contributed by atoms with E-state index >= 15 is 0 Å². The summed E-state index contributed by atoms with van der Waals surface area (Å²) in [5.41, 5.74) is 3.86. The van der Waals surface area contributed by atoms with Gasteiger partial charge in [-0.2, -0.15) is 0 Å². The smallest absolute Gasteiger partial charge is 0.209 e. The van der Waals surface area contributed by atoms with Crippen LogP contribution < -0.4 is 0 Å². The van der Waals surface area contributed by atoms with Gasteiger partial charge in [0, 0.05) is 11.8 Å². The first-order valence-electron chi connectivity index (χ1n) is 6.19. The molecule has 20 heavy (non-hydrogen) atoms. The zero-order chi connectivity index (χ0) is 14.3. The van der Waals surface area contributed by atoms with Gasteiger partial charge in [-0.25, -0.2) is 9.37 Å². The number of pyridine rings is 1. The van der Waals surface area contributed by atoms with Gasteiger partial charge >= 0.3 is 0 Å². The van der Waals surface area contributed by atoms with Crippen LogP contribution in [0.15, 0.2) is 41.7 Å². The number of fused-ring (bicyclic) bond motifs is 1. The number of hydrogen-bond donors (Lipinski definition) is 0. The first-order chi connectivity index (χ1) is 9.60. The SMILES string of the molecule is Cc1ccc(C)c(-c2nc3ccc(F)cn3c2N=O)c1. The van der Waals surface area contributed by atoms with Gasteiger partial charge in [-0.1, -0.05) is 17.7 Å². The van der Waals surface area contributed by atoms with E-state index in [1.807, 2.05) is 32.0 Å². The van der Waals surface area contributed by atoms with Crippen LogP contribution in [0.1, 0.15) is 11.1 Å². The maximum atomic E-state index is 13.3. The second kappa shape index (κ2) is 4.52. The highest BCUT2D eigenvalue weighted by Crippen LogP contribution is 2.33. The summed E-state index contributed by atoms with van der Waals surface area (Å²) in [6, 6.07) is 8.73. The van der Waals surface area contributed by atoms with Gasteiger partial charge in [-0.05, 0) is 42.8 Å². The largest absolute Gasteiger partial charge is 0.278 e. The molecule has 0 saturated carbocycles. The molecule has 0 aliphatic heterocycles. The van der Waals surface area contributed by atoms with Gasteiger partial charge < -0.3 is 0 Å². The molecule has 0 atom stereocenters. The maximum absolute atomic E-state index is 13.3. The molecule has 4 nitrogen and oxygen atoms in total. The zero-order valence-electron chi connectivity index (χ0n) is 11.1. The summed E-state index contributed by atoms with van der Waals surface area (Å²) < 4.78 is 14.7. The van der Waals surface area contributed by atoms with Crippen molar-refractivity contribution in [2.24, 2.45) is 5.18 Å². The molecule has 0 amide bonds. The first kappa shape index (κ1) is 12.5. The molecule has 3 rings (SSSR count). The van der Waals surface area contributed by atoms with Crippen molar-refractivity contribution in [1.82, 2.24) is 9.38 Å². The van der Waals surface area contributed by atoms with E-state index in [4.69, 9.17) is 0 Å². The summed E-state index contributed by atoms with van der Waals surface area (Å²) in [6.07, 6.45) is 1.22. The molecule has 2 heterocycles. The second-order valence-electron chi connectivity index (χ2n) is 4.77. The van der Waals surface area contributed by atoms with Crippen molar-refractivity contribution in [3.63, 3.8) is 0 Å². The van der Waals surface area contributed by atoms with E-state index in [2.05, 4.69) is 10.2 Å². The summed E-state index contributed by atoms with van der Waals surface area (Å²) in [6.45, 7) is 3.90. The number of aryl methyl sites for hydroxylation is 2. The van der Waals surface area contributed by atoms with Crippen molar-refractivity contribution in [2.75, 3.05) is 0 Å². The Balaban J connectivity index is 2.36. The number of halogens is 1. The Morgan fingerprint density at radius 3 is 2.75 bits per heavy atom. The Morgan fingerprint density at radius 2 is 2.00 bits per heavy atom. The van der Waals surface area contributed by atoms with Gasteiger partial charge in [0.25, 0.3) is 0 Å².